The van der Waals surface area contributed by atoms with Crippen LogP contribution in [0, 0.1) is 5.82 Å². The van der Waals surface area contributed by atoms with Gasteiger partial charge in [0.15, 0.2) is 0 Å². The first-order valence-corrected chi connectivity index (χ1v) is 7.25. The number of nitrogens with zero attached hydrogens (tertiary/aromatic N) is 1. The van der Waals surface area contributed by atoms with E-state index >= 15 is 0 Å². The Labute approximate surface area is 127 Å². The van der Waals surface area contributed by atoms with Gasteiger partial charge in [-0.3, -0.25) is 0 Å². The SMILES string of the molecule is CC(Nc1ccc(Br)cc1F)c1ccc(N(C)C)cc1. The van der Waals surface area contributed by atoms with Gasteiger partial charge in [-0.1, -0.05) is 28.1 Å². The normalized spacial score (nSPS) is 12.1. The number of benzene rings is 2. The zero-order chi connectivity index (χ0) is 14.7. The predicted octanol–water partition coefficient (Wildman–Crippen LogP) is 4.83. The third-order valence-corrected chi connectivity index (χ3v) is 3.71. The molecule has 2 nitrogen and oxygen atoms in total. The monoisotopic (exact) mass is 336 g/mol. The van der Waals surface area contributed by atoms with Crippen molar-refractivity contribution in [2.75, 3.05) is 24.3 Å². The molecule has 2 aromatic rings. The van der Waals surface area contributed by atoms with Crippen molar-refractivity contribution in [1.82, 2.24) is 0 Å². The molecular formula is C16H18BrFN2. The van der Waals surface area contributed by atoms with Crippen molar-refractivity contribution in [2.24, 2.45) is 0 Å². The summed E-state index contributed by atoms with van der Waals surface area (Å²) in [5, 5.41) is 3.19. The third-order valence-electron chi connectivity index (χ3n) is 3.21. The Balaban J connectivity index is 2.13. The highest BCUT2D eigenvalue weighted by atomic mass is 79.9. The van der Waals surface area contributed by atoms with E-state index in [1.165, 1.54) is 6.07 Å². The summed E-state index contributed by atoms with van der Waals surface area (Å²) in [5.41, 5.74) is 2.78. The number of hydrogen-bond acceptors (Lipinski definition) is 2. The fourth-order valence-electron chi connectivity index (χ4n) is 1.98. The smallest absolute Gasteiger partial charge is 0.147 e. The van der Waals surface area contributed by atoms with E-state index in [2.05, 4.69) is 50.4 Å². The summed E-state index contributed by atoms with van der Waals surface area (Å²) in [6.45, 7) is 2.02. The predicted molar refractivity (Wildman–Crippen MR) is 86.9 cm³/mol. The van der Waals surface area contributed by atoms with E-state index in [1.807, 2.05) is 27.1 Å². The van der Waals surface area contributed by atoms with Crippen LogP contribution in [0.3, 0.4) is 0 Å². The van der Waals surface area contributed by atoms with Crippen LogP contribution in [0.15, 0.2) is 46.9 Å². The Bertz CT molecular complexity index is 582. The van der Waals surface area contributed by atoms with E-state index in [1.54, 1.807) is 6.07 Å². The van der Waals surface area contributed by atoms with Crippen LogP contribution in [0.1, 0.15) is 18.5 Å². The minimum atomic E-state index is -0.254. The molecule has 0 fully saturated rings. The molecule has 1 N–H and O–H groups in total. The quantitative estimate of drug-likeness (QED) is 0.860. The van der Waals surface area contributed by atoms with Crippen molar-refractivity contribution in [1.29, 1.82) is 0 Å². The summed E-state index contributed by atoms with van der Waals surface area (Å²) in [6, 6.07) is 13.3. The van der Waals surface area contributed by atoms with E-state index in [-0.39, 0.29) is 11.9 Å². The number of halogens is 2. The first-order valence-electron chi connectivity index (χ1n) is 6.46. The van der Waals surface area contributed by atoms with Crippen molar-refractivity contribution in [3.63, 3.8) is 0 Å². The largest absolute Gasteiger partial charge is 0.378 e. The molecule has 0 spiro atoms. The molecule has 0 radical (unpaired) electrons. The second-order valence-electron chi connectivity index (χ2n) is 4.98. The molecule has 2 aromatic carbocycles. The molecule has 0 aliphatic rings. The Morgan fingerprint density at radius 1 is 1.10 bits per heavy atom. The van der Waals surface area contributed by atoms with Crippen LogP contribution in [0.2, 0.25) is 0 Å². The first kappa shape index (κ1) is 14.9. The molecule has 4 heteroatoms. The molecular weight excluding hydrogens is 319 g/mol. The fraction of sp³-hybridized carbons (Fsp3) is 0.250. The second-order valence-corrected chi connectivity index (χ2v) is 5.89. The molecule has 0 bridgehead atoms. The van der Waals surface area contributed by atoms with Crippen LogP contribution >= 0.6 is 15.9 Å². The molecule has 0 amide bonds. The van der Waals surface area contributed by atoms with Gasteiger partial charge in [0.25, 0.3) is 0 Å². The zero-order valence-electron chi connectivity index (χ0n) is 11.8. The van der Waals surface area contributed by atoms with Gasteiger partial charge in [-0.05, 0) is 42.8 Å². The molecule has 0 saturated carbocycles. The summed E-state index contributed by atoms with van der Waals surface area (Å²) in [7, 11) is 4.02. The number of anilines is 2. The molecule has 0 aliphatic heterocycles. The number of nitrogens with one attached hydrogen (secondary N) is 1. The highest BCUT2D eigenvalue weighted by molar-refractivity contribution is 9.10. The van der Waals surface area contributed by atoms with Gasteiger partial charge in [-0.15, -0.1) is 0 Å². The van der Waals surface area contributed by atoms with Gasteiger partial charge in [-0.2, -0.15) is 0 Å². The van der Waals surface area contributed by atoms with Gasteiger partial charge >= 0.3 is 0 Å². The van der Waals surface area contributed by atoms with Crippen molar-refractivity contribution >= 4 is 27.3 Å². The molecule has 0 saturated heterocycles. The maximum Gasteiger partial charge on any atom is 0.147 e. The topological polar surface area (TPSA) is 15.3 Å². The number of rotatable bonds is 4. The molecule has 0 heterocycles. The van der Waals surface area contributed by atoms with Crippen LogP contribution in [0.4, 0.5) is 15.8 Å². The lowest BCUT2D eigenvalue weighted by Crippen LogP contribution is -2.10. The molecule has 2 rings (SSSR count). The van der Waals surface area contributed by atoms with E-state index < -0.39 is 0 Å². The standard InChI is InChI=1S/C16H18BrFN2/c1-11(12-4-7-14(8-5-12)20(2)3)19-16-9-6-13(17)10-15(16)18/h4-11,19H,1-3H3. The minimum Gasteiger partial charge on any atom is -0.378 e. The van der Waals surface area contributed by atoms with Crippen molar-refractivity contribution in [3.05, 3.63) is 58.3 Å². The molecule has 106 valence electrons. The average Bonchev–Trinajstić information content (AvgIpc) is 2.42. The average molecular weight is 337 g/mol. The Hall–Kier alpha value is -1.55. The second kappa shape index (κ2) is 6.27. The van der Waals surface area contributed by atoms with E-state index in [0.717, 1.165) is 15.7 Å². The maximum atomic E-state index is 13.8. The van der Waals surface area contributed by atoms with E-state index in [4.69, 9.17) is 0 Å². The molecule has 20 heavy (non-hydrogen) atoms. The fourth-order valence-corrected chi connectivity index (χ4v) is 2.32. The summed E-state index contributed by atoms with van der Waals surface area (Å²) < 4.78 is 14.5. The summed E-state index contributed by atoms with van der Waals surface area (Å²) in [5.74, 6) is -0.254. The third kappa shape index (κ3) is 3.51. The molecule has 1 unspecified atom stereocenters. The van der Waals surface area contributed by atoms with Crippen LogP contribution in [0.5, 0.6) is 0 Å². The van der Waals surface area contributed by atoms with Crippen molar-refractivity contribution in [3.8, 4) is 0 Å². The van der Waals surface area contributed by atoms with Crippen molar-refractivity contribution < 1.29 is 4.39 Å². The van der Waals surface area contributed by atoms with Gasteiger partial charge in [-0.25, -0.2) is 4.39 Å². The van der Waals surface area contributed by atoms with E-state index in [9.17, 15) is 4.39 Å². The van der Waals surface area contributed by atoms with Crippen LogP contribution in [-0.2, 0) is 0 Å². The first-order chi connectivity index (χ1) is 9.47. The Morgan fingerprint density at radius 2 is 1.75 bits per heavy atom. The summed E-state index contributed by atoms with van der Waals surface area (Å²) in [6.07, 6.45) is 0. The van der Waals surface area contributed by atoms with Gasteiger partial charge in [0, 0.05) is 30.3 Å². The van der Waals surface area contributed by atoms with Gasteiger partial charge in [0.2, 0.25) is 0 Å². The highest BCUT2D eigenvalue weighted by Gasteiger charge is 2.09. The zero-order valence-corrected chi connectivity index (χ0v) is 13.4. The Kier molecular flexibility index (Phi) is 4.65. The van der Waals surface area contributed by atoms with Gasteiger partial charge in [0.1, 0.15) is 5.82 Å². The molecule has 1 atom stereocenters. The summed E-state index contributed by atoms with van der Waals surface area (Å²) >= 11 is 3.26. The van der Waals surface area contributed by atoms with Gasteiger partial charge in [0.05, 0.1) is 5.69 Å². The molecule has 0 aliphatic carbocycles. The minimum absolute atomic E-state index is 0.0434. The Morgan fingerprint density at radius 3 is 2.30 bits per heavy atom. The van der Waals surface area contributed by atoms with E-state index in [0.29, 0.717) is 5.69 Å². The van der Waals surface area contributed by atoms with Crippen LogP contribution < -0.4 is 10.2 Å². The van der Waals surface area contributed by atoms with Crippen LogP contribution in [0.25, 0.3) is 0 Å². The number of hydrogen-bond donors (Lipinski definition) is 1. The molecule has 0 aromatic heterocycles. The lowest BCUT2D eigenvalue weighted by molar-refractivity contribution is 0.626. The lowest BCUT2D eigenvalue weighted by atomic mass is 10.1. The highest BCUT2D eigenvalue weighted by Crippen LogP contribution is 2.25. The van der Waals surface area contributed by atoms with Crippen molar-refractivity contribution in [2.45, 2.75) is 13.0 Å². The van der Waals surface area contributed by atoms with Crippen LogP contribution in [-0.4, -0.2) is 14.1 Å². The van der Waals surface area contributed by atoms with Gasteiger partial charge < -0.3 is 10.2 Å². The maximum absolute atomic E-state index is 13.8. The lowest BCUT2D eigenvalue weighted by Gasteiger charge is -2.18. The summed E-state index contributed by atoms with van der Waals surface area (Å²) in [4.78, 5) is 2.05.